The normalized spacial score (nSPS) is 14.8. The molecule has 2 saturated heterocycles. The zero-order chi connectivity index (χ0) is 33.1. The van der Waals surface area contributed by atoms with Gasteiger partial charge < -0.3 is 48.9 Å². The standard InChI is InChI=1S/C17H20F2N2O4.C12H14N2O2.C3H6O2/c1-2-24-17(22)13-7-11-8-15(25-10-16(18)19)14(9-12(11)20-13)21-3-5-23-6-4-21;15-12-7-9-1-2-13-10(9)8-11(12)14-3-5-16-6-4-14;1-2-3(4)5/h7-9,16,20H,2-6,10H2,1H3;1-2,7-8,13,15H,3-6H2;2H2,1H3,(H,4,5). The van der Waals surface area contributed by atoms with Crippen molar-refractivity contribution in [3.8, 4) is 11.5 Å². The van der Waals surface area contributed by atoms with Gasteiger partial charge in [-0.15, -0.1) is 0 Å². The number of phenols is 1. The summed E-state index contributed by atoms with van der Waals surface area (Å²) in [5.74, 6) is -0.496. The number of anilines is 2. The Kier molecular flexibility index (Phi) is 12.4. The zero-order valence-electron chi connectivity index (χ0n) is 25.9. The lowest BCUT2D eigenvalue weighted by Crippen LogP contribution is -2.36. The summed E-state index contributed by atoms with van der Waals surface area (Å²) in [6.45, 7) is 8.44. The number of alkyl halides is 2. The summed E-state index contributed by atoms with van der Waals surface area (Å²) in [4.78, 5) is 31.6. The van der Waals surface area contributed by atoms with Crippen molar-refractivity contribution in [2.45, 2.75) is 26.7 Å². The maximum Gasteiger partial charge on any atom is 0.354 e. The summed E-state index contributed by atoms with van der Waals surface area (Å²) >= 11 is 0. The Morgan fingerprint density at radius 3 is 2.11 bits per heavy atom. The number of aromatic amines is 2. The van der Waals surface area contributed by atoms with Gasteiger partial charge in [-0.05, 0) is 43.3 Å². The Morgan fingerprint density at radius 2 is 1.52 bits per heavy atom. The summed E-state index contributed by atoms with van der Waals surface area (Å²) in [7, 11) is 0. The van der Waals surface area contributed by atoms with Crippen LogP contribution in [0.4, 0.5) is 20.2 Å². The second kappa shape index (κ2) is 16.7. The van der Waals surface area contributed by atoms with Crippen molar-refractivity contribution in [2.24, 2.45) is 0 Å². The summed E-state index contributed by atoms with van der Waals surface area (Å²) in [5, 5.41) is 19.4. The van der Waals surface area contributed by atoms with E-state index < -0.39 is 25.0 Å². The number of carboxylic acids is 1. The van der Waals surface area contributed by atoms with Crippen molar-refractivity contribution in [2.75, 3.05) is 75.6 Å². The molecule has 250 valence electrons. The first-order valence-corrected chi connectivity index (χ1v) is 15.1. The SMILES string of the molecule is CCC(=O)O.CCOC(=O)c1cc2cc(OCC(F)F)c(N3CCOCC3)cc2[nH]1.Oc1cc2cc[nH]c2cc1N1CCOCC1. The number of halogens is 2. The van der Waals surface area contributed by atoms with Gasteiger partial charge in [-0.2, -0.15) is 0 Å². The summed E-state index contributed by atoms with van der Waals surface area (Å²) in [6, 6.07) is 10.9. The topological polar surface area (TPSA) is 150 Å². The molecule has 0 spiro atoms. The van der Waals surface area contributed by atoms with Crippen molar-refractivity contribution in [3.05, 3.63) is 48.3 Å². The lowest BCUT2D eigenvalue weighted by atomic mass is 10.2. The molecule has 14 heteroatoms. The molecule has 2 aromatic carbocycles. The van der Waals surface area contributed by atoms with E-state index in [4.69, 9.17) is 24.1 Å². The fourth-order valence-electron chi connectivity index (χ4n) is 4.92. The predicted octanol–water partition coefficient (Wildman–Crippen LogP) is 5.02. The number of rotatable bonds is 8. The second-order valence-electron chi connectivity index (χ2n) is 10.4. The third-order valence-electron chi connectivity index (χ3n) is 7.21. The fraction of sp³-hybridized carbons (Fsp3) is 0.438. The van der Waals surface area contributed by atoms with E-state index in [0.717, 1.165) is 42.9 Å². The molecule has 12 nitrogen and oxygen atoms in total. The highest BCUT2D eigenvalue weighted by Gasteiger charge is 2.20. The number of phenolic OH excluding ortho intramolecular Hbond substituents is 1. The number of nitrogens with one attached hydrogen (secondary N) is 2. The number of nitrogens with zero attached hydrogens (tertiary/aromatic N) is 2. The number of aromatic hydroxyl groups is 1. The largest absolute Gasteiger partial charge is 0.506 e. The van der Waals surface area contributed by atoms with Gasteiger partial charge in [-0.3, -0.25) is 4.79 Å². The maximum atomic E-state index is 12.6. The molecule has 0 saturated carbocycles. The number of carbonyl (C=O) groups is 2. The molecule has 4 heterocycles. The maximum absolute atomic E-state index is 12.6. The fourth-order valence-corrected chi connectivity index (χ4v) is 4.92. The van der Waals surface area contributed by atoms with Crippen LogP contribution >= 0.6 is 0 Å². The van der Waals surface area contributed by atoms with Crippen molar-refractivity contribution in [1.29, 1.82) is 0 Å². The van der Waals surface area contributed by atoms with E-state index in [0.29, 0.717) is 60.1 Å². The van der Waals surface area contributed by atoms with Crippen molar-refractivity contribution < 1.29 is 47.5 Å². The van der Waals surface area contributed by atoms with E-state index in [1.807, 2.05) is 29.3 Å². The molecule has 0 aliphatic carbocycles. The first kappa shape index (κ1) is 34.3. The monoisotopic (exact) mass is 646 g/mol. The number of ether oxygens (including phenoxy) is 4. The zero-order valence-corrected chi connectivity index (χ0v) is 25.9. The molecule has 0 unspecified atom stereocenters. The van der Waals surface area contributed by atoms with E-state index in [-0.39, 0.29) is 13.0 Å². The van der Waals surface area contributed by atoms with Crippen molar-refractivity contribution in [3.63, 3.8) is 0 Å². The molecule has 0 amide bonds. The van der Waals surface area contributed by atoms with Gasteiger partial charge in [0.25, 0.3) is 6.43 Å². The number of fused-ring (bicyclic) bond motifs is 2. The van der Waals surface area contributed by atoms with Crippen molar-refractivity contribution in [1.82, 2.24) is 9.97 Å². The van der Waals surface area contributed by atoms with Crippen molar-refractivity contribution >= 4 is 45.1 Å². The Morgan fingerprint density at radius 1 is 0.913 bits per heavy atom. The molecule has 4 N–H and O–H groups in total. The number of aliphatic carboxylic acids is 1. The van der Waals surface area contributed by atoms with Gasteiger partial charge in [0.1, 0.15) is 23.8 Å². The molecule has 46 heavy (non-hydrogen) atoms. The quantitative estimate of drug-likeness (QED) is 0.192. The van der Waals surface area contributed by atoms with E-state index >= 15 is 0 Å². The Bertz CT molecular complexity index is 1580. The van der Waals surface area contributed by atoms with Gasteiger partial charge >= 0.3 is 11.9 Å². The summed E-state index contributed by atoms with van der Waals surface area (Å²) < 4.78 is 46.1. The second-order valence-corrected chi connectivity index (χ2v) is 10.4. The third-order valence-corrected chi connectivity index (χ3v) is 7.21. The van der Waals surface area contributed by atoms with Crippen LogP contribution in [0.5, 0.6) is 11.5 Å². The molecule has 4 aromatic rings. The minimum Gasteiger partial charge on any atom is -0.506 e. The van der Waals surface area contributed by atoms with Crippen LogP contribution < -0.4 is 14.5 Å². The van der Waals surface area contributed by atoms with E-state index in [2.05, 4.69) is 14.9 Å². The van der Waals surface area contributed by atoms with Crippen LogP contribution in [0.25, 0.3) is 21.8 Å². The van der Waals surface area contributed by atoms with Crippen LogP contribution in [0.3, 0.4) is 0 Å². The van der Waals surface area contributed by atoms with Crippen LogP contribution in [0, 0.1) is 0 Å². The lowest BCUT2D eigenvalue weighted by molar-refractivity contribution is -0.136. The number of esters is 1. The molecule has 6 rings (SSSR count). The number of carboxylic acid groups (broad SMARTS) is 1. The first-order chi connectivity index (χ1) is 22.2. The Labute approximate surface area is 264 Å². The first-order valence-electron chi connectivity index (χ1n) is 15.1. The minimum absolute atomic E-state index is 0.222. The molecule has 2 aliphatic rings. The third kappa shape index (κ3) is 9.23. The average Bonchev–Trinajstić information content (AvgIpc) is 3.71. The lowest BCUT2D eigenvalue weighted by Gasteiger charge is -2.30. The highest BCUT2D eigenvalue weighted by Crippen LogP contribution is 2.35. The Hall–Kier alpha value is -4.56. The van der Waals surface area contributed by atoms with Crippen LogP contribution in [0.1, 0.15) is 30.8 Å². The molecule has 0 bridgehead atoms. The number of hydrogen-bond acceptors (Lipinski definition) is 9. The molecule has 2 aromatic heterocycles. The van der Waals surface area contributed by atoms with Crippen LogP contribution in [0.15, 0.2) is 42.6 Å². The summed E-state index contributed by atoms with van der Waals surface area (Å²) in [6.07, 6.45) is -0.456. The minimum atomic E-state index is -2.56. The van der Waals surface area contributed by atoms with Gasteiger partial charge in [-0.1, -0.05) is 6.92 Å². The summed E-state index contributed by atoms with van der Waals surface area (Å²) in [5.41, 5.74) is 3.68. The number of H-pyrrole nitrogens is 2. The molecular formula is C32H40F2N4O8. The van der Waals surface area contributed by atoms with Crippen LogP contribution in [-0.2, 0) is 19.0 Å². The molecule has 2 aliphatic heterocycles. The number of benzene rings is 2. The van der Waals surface area contributed by atoms with Gasteiger partial charge in [0, 0.05) is 60.6 Å². The highest BCUT2D eigenvalue weighted by molar-refractivity contribution is 5.96. The molecule has 0 atom stereocenters. The van der Waals surface area contributed by atoms with Gasteiger partial charge in [-0.25, -0.2) is 13.6 Å². The predicted molar refractivity (Wildman–Crippen MR) is 170 cm³/mol. The highest BCUT2D eigenvalue weighted by atomic mass is 19.3. The van der Waals surface area contributed by atoms with Crippen LogP contribution in [-0.4, -0.2) is 104 Å². The van der Waals surface area contributed by atoms with E-state index in [1.165, 1.54) is 0 Å². The smallest absolute Gasteiger partial charge is 0.354 e. The molecule has 0 radical (unpaired) electrons. The number of carbonyl (C=O) groups excluding carboxylic acids is 1. The Balaban J connectivity index is 0.000000194. The van der Waals surface area contributed by atoms with Gasteiger partial charge in [0.15, 0.2) is 0 Å². The van der Waals surface area contributed by atoms with Gasteiger partial charge in [0.05, 0.1) is 44.4 Å². The molecule has 2 fully saturated rings. The van der Waals surface area contributed by atoms with Gasteiger partial charge in [0.2, 0.25) is 0 Å². The van der Waals surface area contributed by atoms with Crippen LogP contribution in [0.2, 0.25) is 0 Å². The van der Waals surface area contributed by atoms with E-state index in [1.54, 1.807) is 32.0 Å². The van der Waals surface area contributed by atoms with E-state index in [9.17, 15) is 23.5 Å². The number of hydrogen-bond donors (Lipinski definition) is 4. The number of morpholine rings is 2. The molecular weight excluding hydrogens is 606 g/mol. The average molecular weight is 647 g/mol. The number of aromatic nitrogens is 2.